The first kappa shape index (κ1) is 16.7. The molecule has 0 fully saturated rings. The minimum absolute atomic E-state index is 0.172. The molecule has 2 rings (SSSR count). The Hall–Kier alpha value is -2.63. The molecule has 0 bridgehead atoms. The maximum absolute atomic E-state index is 12.3. The van der Waals surface area contributed by atoms with Crippen LogP contribution in [0.4, 0.5) is 0 Å². The summed E-state index contributed by atoms with van der Waals surface area (Å²) in [6, 6.07) is 9.70. The van der Waals surface area contributed by atoms with Gasteiger partial charge in [0.05, 0.1) is 30.3 Å². The van der Waals surface area contributed by atoms with Crippen LogP contribution in [0.3, 0.4) is 0 Å². The Morgan fingerprint density at radius 3 is 2.65 bits per heavy atom. The first-order chi connectivity index (χ1) is 11.2. The molecule has 1 aromatic heterocycles. The van der Waals surface area contributed by atoms with E-state index in [0.29, 0.717) is 31.4 Å². The summed E-state index contributed by atoms with van der Waals surface area (Å²) in [5.41, 5.74) is 2.35. The molecular formula is C17H21N3O3. The zero-order chi connectivity index (χ0) is 16.7. The van der Waals surface area contributed by atoms with Crippen molar-refractivity contribution in [3.05, 3.63) is 47.8 Å². The zero-order valence-electron chi connectivity index (χ0n) is 13.4. The molecule has 122 valence electrons. The molecule has 1 N–H and O–H groups in total. The predicted octanol–water partition coefficient (Wildman–Crippen LogP) is 2.12. The van der Waals surface area contributed by atoms with Gasteiger partial charge >= 0.3 is 5.97 Å². The van der Waals surface area contributed by atoms with Gasteiger partial charge in [-0.15, -0.1) is 0 Å². The van der Waals surface area contributed by atoms with Crippen molar-refractivity contribution >= 4 is 11.9 Å². The quantitative estimate of drug-likeness (QED) is 0.627. The van der Waals surface area contributed by atoms with Crippen LogP contribution in [0.25, 0.3) is 5.69 Å². The fourth-order valence-electron chi connectivity index (χ4n) is 2.33. The lowest BCUT2D eigenvalue weighted by atomic mass is 10.2. The Labute approximate surface area is 135 Å². The van der Waals surface area contributed by atoms with Crippen LogP contribution in [0.15, 0.2) is 36.5 Å². The molecule has 0 radical (unpaired) electrons. The number of nitrogens with zero attached hydrogens (tertiary/aromatic N) is 2. The molecule has 1 aromatic carbocycles. The third-order valence-electron chi connectivity index (χ3n) is 3.52. The highest BCUT2D eigenvalue weighted by molar-refractivity contribution is 5.95. The summed E-state index contributed by atoms with van der Waals surface area (Å²) < 4.78 is 6.35. The molecule has 1 amide bonds. The van der Waals surface area contributed by atoms with Gasteiger partial charge in [0.25, 0.3) is 5.91 Å². The van der Waals surface area contributed by atoms with E-state index in [2.05, 4.69) is 15.2 Å². The van der Waals surface area contributed by atoms with Crippen LogP contribution in [0, 0.1) is 0 Å². The van der Waals surface area contributed by atoms with Gasteiger partial charge in [-0.1, -0.05) is 25.1 Å². The predicted molar refractivity (Wildman–Crippen MR) is 86.5 cm³/mol. The normalized spacial score (nSPS) is 10.3. The van der Waals surface area contributed by atoms with Crippen molar-refractivity contribution in [2.45, 2.75) is 26.2 Å². The lowest BCUT2D eigenvalue weighted by Crippen LogP contribution is -2.25. The Morgan fingerprint density at radius 2 is 2.00 bits per heavy atom. The lowest BCUT2D eigenvalue weighted by molar-refractivity contribution is -0.140. The smallest absolute Gasteiger partial charge is 0.305 e. The number of aromatic nitrogens is 2. The number of esters is 1. The highest BCUT2D eigenvalue weighted by Crippen LogP contribution is 2.15. The number of carbonyl (C=O) groups excluding carboxylic acids is 2. The van der Waals surface area contributed by atoms with Gasteiger partial charge in [0.1, 0.15) is 0 Å². The Morgan fingerprint density at radius 1 is 1.26 bits per heavy atom. The number of nitrogens with one attached hydrogen (secondary N) is 1. The minimum atomic E-state index is -0.273. The van der Waals surface area contributed by atoms with E-state index in [4.69, 9.17) is 0 Å². The van der Waals surface area contributed by atoms with Gasteiger partial charge < -0.3 is 10.1 Å². The van der Waals surface area contributed by atoms with E-state index in [0.717, 1.165) is 11.4 Å². The van der Waals surface area contributed by atoms with E-state index < -0.39 is 0 Å². The molecule has 0 spiro atoms. The van der Waals surface area contributed by atoms with E-state index in [1.807, 2.05) is 37.3 Å². The van der Waals surface area contributed by atoms with E-state index in [1.165, 1.54) is 7.11 Å². The number of para-hydroxylation sites is 1. The molecule has 0 aliphatic heterocycles. The largest absolute Gasteiger partial charge is 0.469 e. The van der Waals surface area contributed by atoms with Gasteiger partial charge in [-0.05, 0) is 25.0 Å². The van der Waals surface area contributed by atoms with Gasteiger partial charge in [0, 0.05) is 13.0 Å². The van der Waals surface area contributed by atoms with Gasteiger partial charge in [0.2, 0.25) is 0 Å². The molecule has 23 heavy (non-hydrogen) atoms. The van der Waals surface area contributed by atoms with Crippen molar-refractivity contribution in [3.63, 3.8) is 0 Å². The molecule has 6 heteroatoms. The number of methoxy groups -OCH3 is 1. The maximum Gasteiger partial charge on any atom is 0.305 e. The standard InChI is InChI=1S/C17H21N3O3/c1-3-15-14(17(22)18-11-7-10-16(21)23-2)12-19-20(15)13-8-5-4-6-9-13/h4-6,8-9,12H,3,7,10-11H2,1-2H3,(H,18,22). The fraction of sp³-hybridized carbons (Fsp3) is 0.353. The van der Waals surface area contributed by atoms with E-state index in [9.17, 15) is 9.59 Å². The summed E-state index contributed by atoms with van der Waals surface area (Å²) in [4.78, 5) is 23.3. The number of hydrogen-bond donors (Lipinski definition) is 1. The van der Waals surface area contributed by atoms with Crippen molar-refractivity contribution in [2.24, 2.45) is 0 Å². The topological polar surface area (TPSA) is 73.2 Å². The van der Waals surface area contributed by atoms with E-state index in [-0.39, 0.29) is 11.9 Å². The van der Waals surface area contributed by atoms with Crippen molar-refractivity contribution in [1.82, 2.24) is 15.1 Å². The average molecular weight is 315 g/mol. The van der Waals surface area contributed by atoms with E-state index in [1.54, 1.807) is 10.9 Å². The minimum Gasteiger partial charge on any atom is -0.469 e. The zero-order valence-corrected chi connectivity index (χ0v) is 13.4. The molecule has 6 nitrogen and oxygen atoms in total. The Balaban J connectivity index is 2.04. The highest BCUT2D eigenvalue weighted by atomic mass is 16.5. The average Bonchev–Trinajstić information content (AvgIpc) is 3.03. The molecule has 0 aliphatic carbocycles. The molecule has 0 saturated heterocycles. The lowest BCUT2D eigenvalue weighted by Gasteiger charge is -2.08. The van der Waals surface area contributed by atoms with Crippen molar-refractivity contribution in [3.8, 4) is 5.69 Å². The number of hydrogen-bond acceptors (Lipinski definition) is 4. The van der Waals surface area contributed by atoms with Crippen molar-refractivity contribution in [2.75, 3.05) is 13.7 Å². The van der Waals surface area contributed by atoms with Crippen LogP contribution in [-0.2, 0) is 16.0 Å². The molecule has 0 aliphatic rings. The second kappa shape index (κ2) is 8.12. The first-order valence-corrected chi connectivity index (χ1v) is 7.64. The molecule has 0 unspecified atom stereocenters. The number of carbonyl (C=O) groups is 2. The van der Waals surface area contributed by atoms with Gasteiger partial charge in [-0.2, -0.15) is 5.10 Å². The summed E-state index contributed by atoms with van der Waals surface area (Å²) in [5.74, 6) is -0.445. The molecular weight excluding hydrogens is 294 g/mol. The number of benzene rings is 1. The summed E-state index contributed by atoms with van der Waals surface area (Å²) in [5, 5.41) is 7.15. The molecule has 0 atom stereocenters. The molecule has 1 heterocycles. The van der Waals surface area contributed by atoms with Gasteiger partial charge in [0.15, 0.2) is 0 Å². The third-order valence-corrected chi connectivity index (χ3v) is 3.52. The van der Waals surface area contributed by atoms with Crippen molar-refractivity contribution < 1.29 is 14.3 Å². The van der Waals surface area contributed by atoms with Crippen LogP contribution in [-0.4, -0.2) is 35.3 Å². The summed E-state index contributed by atoms with van der Waals surface area (Å²) in [6.07, 6.45) is 3.12. The third kappa shape index (κ3) is 4.18. The highest BCUT2D eigenvalue weighted by Gasteiger charge is 2.16. The summed E-state index contributed by atoms with van der Waals surface area (Å²) in [7, 11) is 1.35. The number of rotatable bonds is 7. The Bertz CT molecular complexity index is 665. The van der Waals surface area contributed by atoms with Gasteiger partial charge in [-0.3, -0.25) is 9.59 Å². The molecule has 2 aromatic rings. The SMILES string of the molecule is CCc1c(C(=O)NCCCC(=O)OC)cnn1-c1ccccc1. The van der Waals surface area contributed by atoms with Crippen LogP contribution in [0.1, 0.15) is 35.8 Å². The maximum atomic E-state index is 12.3. The second-order valence-corrected chi connectivity index (χ2v) is 5.04. The monoisotopic (exact) mass is 315 g/mol. The van der Waals surface area contributed by atoms with Crippen molar-refractivity contribution in [1.29, 1.82) is 0 Å². The van der Waals surface area contributed by atoms with Crippen LogP contribution < -0.4 is 5.32 Å². The first-order valence-electron chi connectivity index (χ1n) is 7.64. The summed E-state index contributed by atoms with van der Waals surface area (Å²) in [6.45, 7) is 2.41. The molecule has 0 saturated carbocycles. The van der Waals surface area contributed by atoms with Crippen LogP contribution in [0.5, 0.6) is 0 Å². The summed E-state index contributed by atoms with van der Waals surface area (Å²) >= 11 is 0. The fourth-order valence-corrected chi connectivity index (χ4v) is 2.33. The Kier molecular flexibility index (Phi) is 5.91. The van der Waals surface area contributed by atoms with Crippen LogP contribution in [0.2, 0.25) is 0 Å². The number of ether oxygens (including phenoxy) is 1. The van der Waals surface area contributed by atoms with Gasteiger partial charge in [-0.25, -0.2) is 4.68 Å². The van der Waals surface area contributed by atoms with Crippen LogP contribution >= 0.6 is 0 Å². The second-order valence-electron chi connectivity index (χ2n) is 5.04. The van der Waals surface area contributed by atoms with E-state index >= 15 is 0 Å². The number of amides is 1.